The summed E-state index contributed by atoms with van der Waals surface area (Å²) in [7, 11) is 0. The topological polar surface area (TPSA) is 66.6 Å². The first kappa shape index (κ1) is 17.4. The molecule has 2 amide bonds. The van der Waals surface area contributed by atoms with Crippen LogP contribution in [0.4, 0.5) is 10.1 Å². The van der Waals surface area contributed by atoms with Gasteiger partial charge in [0.05, 0.1) is 6.54 Å². The largest absolute Gasteiger partial charge is 0.370 e. The Bertz CT molecular complexity index is 539. The van der Waals surface area contributed by atoms with Crippen LogP contribution in [0.15, 0.2) is 24.3 Å². The van der Waals surface area contributed by atoms with Crippen molar-refractivity contribution in [3.8, 4) is 0 Å². The molecule has 0 saturated carbocycles. The zero-order chi connectivity index (χ0) is 16.8. The van der Waals surface area contributed by atoms with E-state index in [4.69, 9.17) is 5.73 Å². The highest BCUT2D eigenvalue weighted by Gasteiger charge is 2.22. The Morgan fingerprint density at radius 3 is 2.43 bits per heavy atom. The quantitative estimate of drug-likeness (QED) is 0.868. The van der Waals surface area contributed by atoms with Gasteiger partial charge in [0.1, 0.15) is 5.82 Å². The number of piperidine rings is 1. The Hall–Kier alpha value is -1.95. The monoisotopic (exact) mass is 321 g/mol. The molecule has 1 aliphatic rings. The van der Waals surface area contributed by atoms with Gasteiger partial charge in [0.2, 0.25) is 11.8 Å². The molecule has 0 aliphatic carbocycles. The third-order valence-electron chi connectivity index (χ3n) is 4.26. The number of hydrogen-bond acceptors (Lipinski definition) is 3. The van der Waals surface area contributed by atoms with Crippen LogP contribution >= 0.6 is 0 Å². The number of halogens is 1. The lowest BCUT2D eigenvalue weighted by Crippen LogP contribution is -2.44. The summed E-state index contributed by atoms with van der Waals surface area (Å²) in [5.41, 5.74) is 5.78. The highest BCUT2D eigenvalue weighted by atomic mass is 19.1. The first-order valence-corrected chi connectivity index (χ1v) is 8.02. The molecule has 2 N–H and O–H groups in total. The van der Waals surface area contributed by atoms with Gasteiger partial charge in [-0.2, -0.15) is 0 Å². The van der Waals surface area contributed by atoms with Crippen LogP contribution in [0.2, 0.25) is 0 Å². The average Bonchev–Trinajstić information content (AvgIpc) is 2.51. The molecular formula is C17H24FN3O2. The lowest BCUT2D eigenvalue weighted by molar-refractivity contribution is -0.120. The van der Waals surface area contributed by atoms with Gasteiger partial charge in [-0.05, 0) is 56.1 Å². The lowest BCUT2D eigenvalue weighted by atomic mass is 9.99. The Labute approximate surface area is 136 Å². The molecule has 2 rings (SSSR count). The molecule has 1 fully saturated rings. The standard InChI is InChI=1S/C17H24FN3O2/c1-13-6-9-20(10-7-13)12-17(23)21(11-8-16(19)22)15-4-2-14(18)3-5-15/h2-5,13H,6-12H2,1H3,(H2,19,22). The number of anilines is 1. The Morgan fingerprint density at radius 1 is 1.26 bits per heavy atom. The predicted molar refractivity (Wildman–Crippen MR) is 87.4 cm³/mol. The van der Waals surface area contributed by atoms with Crippen LogP contribution in [-0.4, -0.2) is 42.9 Å². The molecule has 1 heterocycles. The number of nitrogens with zero attached hydrogens (tertiary/aromatic N) is 2. The van der Waals surface area contributed by atoms with E-state index in [-0.39, 0.29) is 24.7 Å². The number of nitrogens with two attached hydrogens (primary N) is 1. The molecule has 126 valence electrons. The molecule has 1 saturated heterocycles. The molecule has 0 spiro atoms. The molecule has 0 radical (unpaired) electrons. The van der Waals surface area contributed by atoms with Gasteiger partial charge in [-0.15, -0.1) is 0 Å². The van der Waals surface area contributed by atoms with E-state index in [1.165, 1.54) is 17.0 Å². The second-order valence-corrected chi connectivity index (χ2v) is 6.20. The van der Waals surface area contributed by atoms with Crippen molar-refractivity contribution in [2.24, 2.45) is 11.7 Å². The van der Waals surface area contributed by atoms with Crippen LogP contribution in [0.3, 0.4) is 0 Å². The summed E-state index contributed by atoms with van der Waals surface area (Å²) in [5, 5.41) is 0. The zero-order valence-corrected chi connectivity index (χ0v) is 13.5. The van der Waals surface area contributed by atoms with E-state index < -0.39 is 5.91 Å². The van der Waals surface area contributed by atoms with Gasteiger partial charge in [0.15, 0.2) is 0 Å². The molecule has 1 aromatic carbocycles. The molecule has 1 aromatic rings. The number of hydrogen-bond donors (Lipinski definition) is 1. The summed E-state index contributed by atoms with van der Waals surface area (Å²) in [5.74, 6) is -0.213. The number of benzene rings is 1. The maximum absolute atomic E-state index is 13.1. The Balaban J connectivity index is 2.04. The fourth-order valence-electron chi connectivity index (χ4n) is 2.74. The number of carbonyl (C=O) groups is 2. The number of likely N-dealkylation sites (tertiary alicyclic amines) is 1. The normalized spacial score (nSPS) is 16.3. The third kappa shape index (κ3) is 5.32. The third-order valence-corrected chi connectivity index (χ3v) is 4.26. The number of carbonyl (C=O) groups excluding carboxylic acids is 2. The number of amides is 2. The van der Waals surface area contributed by atoms with Gasteiger partial charge in [-0.3, -0.25) is 14.5 Å². The molecule has 0 unspecified atom stereocenters. The van der Waals surface area contributed by atoms with E-state index in [9.17, 15) is 14.0 Å². The predicted octanol–water partition coefficient (Wildman–Crippen LogP) is 1.77. The summed E-state index contributed by atoms with van der Waals surface area (Å²) in [4.78, 5) is 27.3. The summed E-state index contributed by atoms with van der Waals surface area (Å²) < 4.78 is 13.1. The maximum Gasteiger partial charge on any atom is 0.241 e. The molecule has 5 nitrogen and oxygen atoms in total. The molecule has 1 aliphatic heterocycles. The second kappa shape index (κ2) is 8.06. The van der Waals surface area contributed by atoms with Gasteiger partial charge < -0.3 is 10.6 Å². The summed E-state index contributed by atoms with van der Waals surface area (Å²) in [6.45, 7) is 4.55. The molecular weight excluding hydrogens is 297 g/mol. The van der Waals surface area contributed by atoms with E-state index in [1.54, 1.807) is 12.1 Å². The van der Waals surface area contributed by atoms with Gasteiger partial charge in [0.25, 0.3) is 0 Å². The van der Waals surface area contributed by atoms with Crippen LogP contribution in [0.25, 0.3) is 0 Å². The second-order valence-electron chi connectivity index (χ2n) is 6.20. The number of primary amides is 1. The van der Waals surface area contributed by atoms with Crippen molar-refractivity contribution >= 4 is 17.5 Å². The van der Waals surface area contributed by atoms with Crippen molar-refractivity contribution in [2.45, 2.75) is 26.2 Å². The minimum atomic E-state index is -0.461. The van der Waals surface area contributed by atoms with Crippen LogP contribution in [0, 0.1) is 11.7 Å². The van der Waals surface area contributed by atoms with Crippen molar-refractivity contribution in [3.63, 3.8) is 0 Å². The minimum absolute atomic E-state index is 0.0835. The van der Waals surface area contributed by atoms with Crippen molar-refractivity contribution < 1.29 is 14.0 Å². The lowest BCUT2D eigenvalue weighted by Gasteiger charge is -2.32. The fraction of sp³-hybridized carbons (Fsp3) is 0.529. The first-order chi connectivity index (χ1) is 11.0. The van der Waals surface area contributed by atoms with E-state index in [0.29, 0.717) is 18.2 Å². The van der Waals surface area contributed by atoms with E-state index in [1.807, 2.05) is 0 Å². The summed E-state index contributed by atoms with van der Waals surface area (Å²) in [6.07, 6.45) is 2.26. The first-order valence-electron chi connectivity index (χ1n) is 8.02. The number of rotatable bonds is 6. The van der Waals surface area contributed by atoms with Crippen molar-refractivity contribution in [3.05, 3.63) is 30.1 Å². The molecule has 23 heavy (non-hydrogen) atoms. The van der Waals surface area contributed by atoms with Crippen molar-refractivity contribution in [2.75, 3.05) is 31.1 Å². The van der Waals surface area contributed by atoms with Crippen molar-refractivity contribution in [1.29, 1.82) is 0 Å². The Morgan fingerprint density at radius 2 is 1.87 bits per heavy atom. The molecule has 0 aromatic heterocycles. The van der Waals surface area contributed by atoms with Crippen LogP contribution in [-0.2, 0) is 9.59 Å². The van der Waals surface area contributed by atoms with Crippen LogP contribution < -0.4 is 10.6 Å². The highest BCUT2D eigenvalue weighted by Crippen LogP contribution is 2.19. The van der Waals surface area contributed by atoms with Crippen molar-refractivity contribution in [1.82, 2.24) is 4.90 Å². The van der Waals surface area contributed by atoms with Gasteiger partial charge in [0, 0.05) is 18.7 Å². The highest BCUT2D eigenvalue weighted by molar-refractivity contribution is 5.95. The molecule has 0 bridgehead atoms. The van der Waals surface area contributed by atoms with Gasteiger partial charge in [-0.1, -0.05) is 6.92 Å². The smallest absolute Gasteiger partial charge is 0.241 e. The van der Waals surface area contributed by atoms with Crippen LogP contribution in [0.1, 0.15) is 26.2 Å². The maximum atomic E-state index is 13.1. The van der Waals surface area contributed by atoms with Gasteiger partial charge in [-0.25, -0.2) is 4.39 Å². The van der Waals surface area contributed by atoms with E-state index >= 15 is 0 Å². The molecule has 6 heteroatoms. The van der Waals surface area contributed by atoms with E-state index in [0.717, 1.165) is 25.9 Å². The van der Waals surface area contributed by atoms with Crippen LogP contribution in [0.5, 0.6) is 0 Å². The summed E-state index contributed by atoms with van der Waals surface area (Å²) in [6, 6.07) is 5.71. The fourth-order valence-corrected chi connectivity index (χ4v) is 2.74. The SMILES string of the molecule is CC1CCN(CC(=O)N(CCC(N)=O)c2ccc(F)cc2)CC1. The molecule has 0 atom stereocenters. The summed E-state index contributed by atoms with van der Waals surface area (Å²) >= 11 is 0. The average molecular weight is 321 g/mol. The Kier molecular flexibility index (Phi) is 6.10. The van der Waals surface area contributed by atoms with Gasteiger partial charge >= 0.3 is 0 Å². The zero-order valence-electron chi connectivity index (χ0n) is 13.5. The minimum Gasteiger partial charge on any atom is -0.370 e. The van der Waals surface area contributed by atoms with E-state index in [2.05, 4.69) is 11.8 Å².